The maximum Gasteiger partial charge on any atom is 0.119 e. The monoisotopic (exact) mass is 263 g/mol. The normalized spacial score (nSPS) is 17.6. The molecule has 0 radical (unpaired) electrons. The summed E-state index contributed by atoms with van der Waals surface area (Å²) in [5.41, 5.74) is 7.64. The number of rotatable bonds is 6. The summed E-state index contributed by atoms with van der Waals surface area (Å²) in [6, 6.07) is 6.43. The largest absolute Gasteiger partial charge is 0.494 e. The molecule has 0 aliphatic heterocycles. The van der Waals surface area contributed by atoms with Crippen LogP contribution in [-0.4, -0.2) is 23.9 Å². The molecule has 1 unspecified atom stereocenters. The highest BCUT2D eigenvalue weighted by Crippen LogP contribution is 2.25. The molecular weight excluding hydrogens is 238 g/mol. The molecular formula is C16H25NO2. The molecule has 0 heterocycles. The molecule has 0 aromatic heterocycles. The topological polar surface area (TPSA) is 55.5 Å². The molecule has 3 nitrogen and oxygen atoms in total. The van der Waals surface area contributed by atoms with Gasteiger partial charge in [-0.1, -0.05) is 6.07 Å². The number of ether oxygens (including phenoxy) is 1. The summed E-state index contributed by atoms with van der Waals surface area (Å²) in [5, 5.41) is 9.80. The Morgan fingerprint density at radius 1 is 1.26 bits per heavy atom. The SMILES string of the molecule is CC(O)(CN)CCCOc1ccc2c(c1)CCCC2. The van der Waals surface area contributed by atoms with E-state index in [1.165, 1.54) is 36.8 Å². The summed E-state index contributed by atoms with van der Waals surface area (Å²) in [4.78, 5) is 0. The van der Waals surface area contributed by atoms with E-state index >= 15 is 0 Å². The predicted octanol–water partition coefficient (Wildman–Crippen LogP) is 2.43. The van der Waals surface area contributed by atoms with Gasteiger partial charge in [-0.2, -0.15) is 0 Å². The van der Waals surface area contributed by atoms with E-state index in [-0.39, 0.29) is 0 Å². The lowest BCUT2D eigenvalue weighted by Crippen LogP contribution is -2.34. The van der Waals surface area contributed by atoms with Crippen molar-refractivity contribution < 1.29 is 9.84 Å². The van der Waals surface area contributed by atoms with Crippen molar-refractivity contribution in [3.05, 3.63) is 29.3 Å². The maximum absolute atomic E-state index is 9.80. The van der Waals surface area contributed by atoms with Gasteiger partial charge in [0.15, 0.2) is 0 Å². The molecule has 3 heteroatoms. The lowest BCUT2D eigenvalue weighted by atomic mass is 9.92. The lowest BCUT2D eigenvalue weighted by molar-refractivity contribution is 0.0536. The van der Waals surface area contributed by atoms with E-state index in [1.807, 2.05) is 0 Å². The van der Waals surface area contributed by atoms with E-state index in [4.69, 9.17) is 10.5 Å². The summed E-state index contributed by atoms with van der Waals surface area (Å²) in [5.74, 6) is 0.952. The number of hydrogen-bond donors (Lipinski definition) is 2. The van der Waals surface area contributed by atoms with Gasteiger partial charge in [-0.3, -0.25) is 0 Å². The van der Waals surface area contributed by atoms with Crippen LogP contribution < -0.4 is 10.5 Å². The van der Waals surface area contributed by atoms with Crippen LogP contribution in [-0.2, 0) is 12.8 Å². The molecule has 0 bridgehead atoms. The van der Waals surface area contributed by atoms with Crippen LogP contribution in [0.25, 0.3) is 0 Å². The fraction of sp³-hybridized carbons (Fsp3) is 0.625. The minimum absolute atomic E-state index is 0.297. The van der Waals surface area contributed by atoms with E-state index < -0.39 is 5.60 Å². The van der Waals surface area contributed by atoms with Gasteiger partial charge in [-0.15, -0.1) is 0 Å². The van der Waals surface area contributed by atoms with Crippen LogP contribution in [0.3, 0.4) is 0 Å². The van der Waals surface area contributed by atoms with Gasteiger partial charge in [-0.05, 0) is 68.7 Å². The molecule has 1 atom stereocenters. The number of aryl methyl sites for hydroxylation is 2. The van der Waals surface area contributed by atoms with Crippen molar-refractivity contribution in [1.82, 2.24) is 0 Å². The van der Waals surface area contributed by atoms with E-state index in [0.717, 1.165) is 12.2 Å². The molecule has 2 rings (SSSR count). The van der Waals surface area contributed by atoms with Crippen molar-refractivity contribution in [2.45, 2.75) is 51.0 Å². The van der Waals surface area contributed by atoms with Crippen molar-refractivity contribution in [1.29, 1.82) is 0 Å². The quantitative estimate of drug-likeness (QED) is 0.775. The molecule has 0 saturated carbocycles. The van der Waals surface area contributed by atoms with Gasteiger partial charge >= 0.3 is 0 Å². The van der Waals surface area contributed by atoms with Gasteiger partial charge in [0, 0.05) is 6.54 Å². The second-order valence-electron chi connectivity index (χ2n) is 5.79. The van der Waals surface area contributed by atoms with Gasteiger partial charge in [0.25, 0.3) is 0 Å². The van der Waals surface area contributed by atoms with Crippen molar-refractivity contribution >= 4 is 0 Å². The lowest BCUT2D eigenvalue weighted by Gasteiger charge is -2.21. The number of benzene rings is 1. The second kappa shape index (κ2) is 6.40. The minimum atomic E-state index is -0.765. The molecule has 106 valence electrons. The molecule has 19 heavy (non-hydrogen) atoms. The molecule has 1 aromatic carbocycles. The van der Waals surface area contributed by atoms with Crippen molar-refractivity contribution in [2.24, 2.45) is 5.73 Å². The van der Waals surface area contributed by atoms with Gasteiger partial charge in [0.1, 0.15) is 5.75 Å². The average Bonchev–Trinajstić information content (AvgIpc) is 2.43. The molecule has 1 aliphatic rings. The van der Waals surface area contributed by atoms with E-state index in [2.05, 4.69) is 18.2 Å². The van der Waals surface area contributed by atoms with Crippen LogP contribution in [0, 0.1) is 0 Å². The van der Waals surface area contributed by atoms with E-state index in [0.29, 0.717) is 19.6 Å². The first-order chi connectivity index (χ1) is 9.11. The summed E-state index contributed by atoms with van der Waals surface area (Å²) >= 11 is 0. The predicted molar refractivity (Wildman–Crippen MR) is 77.5 cm³/mol. The zero-order chi connectivity index (χ0) is 13.7. The fourth-order valence-corrected chi connectivity index (χ4v) is 2.54. The Morgan fingerprint density at radius 3 is 2.74 bits per heavy atom. The third-order valence-electron chi connectivity index (χ3n) is 3.89. The number of aliphatic hydroxyl groups is 1. The summed E-state index contributed by atoms with van der Waals surface area (Å²) in [7, 11) is 0. The highest BCUT2D eigenvalue weighted by molar-refractivity contribution is 5.37. The zero-order valence-electron chi connectivity index (χ0n) is 11.8. The van der Waals surface area contributed by atoms with Gasteiger partial charge in [0.2, 0.25) is 0 Å². The standard InChI is InChI=1S/C16H25NO2/c1-16(18,12-17)9-4-10-19-15-8-7-13-5-2-3-6-14(13)11-15/h7-8,11,18H,2-6,9-10,12,17H2,1H3. The zero-order valence-corrected chi connectivity index (χ0v) is 11.8. The third kappa shape index (κ3) is 4.22. The summed E-state index contributed by atoms with van der Waals surface area (Å²) in [6.45, 7) is 2.70. The molecule has 1 aromatic rings. The van der Waals surface area contributed by atoms with E-state index in [1.54, 1.807) is 6.92 Å². The highest BCUT2D eigenvalue weighted by Gasteiger charge is 2.17. The molecule has 3 N–H and O–H groups in total. The number of hydrogen-bond acceptors (Lipinski definition) is 3. The number of fused-ring (bicyclic) bond motifs is 1. The van der Waals surface area contributed by atoms with Crippen molar-refractivity contribution in [2.75, 3.05) is 13.2 Å². The van der Waals surface area contributed by atoms with Gasteiger partial charge in [-0.25, -0.2) is 0 Å². The van der Waals surface area contributed by atoms with Crippen LogP contribution in [0.4, 0.5) is 0 Å². The minimum Gasteiger partial charge on any atom is -0.494 e. The van der Waals surface area contributed by atoms with Crippen molar-refractivity contribution in [3.8, 4) is 5.75 Å². The second-order valence-corrected chi connectivity index (χ2v) is 5.79. The van der Waals surface area contributed by atoms with Crippen LogP contribution >= 0.6 is 0 Å². The Bertz CT molecular complexity index is 415. The molecule has 0 amide bonds. The Morgan fingerprint density at radius 2 is 2.00 bits per heavy atom. The van der Waals surface area contributed by atoms with Crippen LogP contribution in [0.1, 0.15) is 43.7 Å². The maximum atomic E-state index is 9.80. The Labute approximate surface area is 115 Å². The highest BCUT2D eigenvalue weighted by atomic mass is 16.5. The number of nitrogens with two attached hydrogens (primary N) is 1. The van der Waals surface area contributed by atoms with Crippen molar-refractivity contribution in [3.63, 3.8) is 0 Å². The van der Waals surface area contributed by atoms with Crippen LogP contribution in [0.2, 0.25) is 0 Å². The summed E-state index contributed by atoms with van der Waals surface area (Å²) < 4.78 is 5.76. The smallest absolute Gasteiger partial charge is 0.119 e. The molecule has 0 spiro atoms. The first kappa shape index (κ1) is 14.4. The summed E-state index contributed by atoms with van der Waals surface area (Å²) in [6.07, 6.45) is 6.47. The average molecular weight is 263 g/mol. The Balaban J connectivity index is 1.80. The molecule has 1 aliphatic carbocycles. The van der Waals surface area contributed by atoms with Gasteiger partial charge in [0.05, 0.1) is 12.2 Å². The fourth-order valence-electron chi connectivity index (χ4n) is 2.54. The Kier molecular flexibility index (Phi) is 4.83. The Hall–Kier alpha value is -1.06. The molecule has 0 saturated heterocycles. The third-order valence-corrected chi connectivity index (χ3v) is 3.89. The van der Waals surface area contributed by atoms with E-state index in [9.17, 15) is 5.11 Å². The van der Waals surface area contributed by atoms with Crippen LogP contribution in [0.5, 0.6) is 5.75 Å². The molecule has 0 fully saturated rings. The first-order valence-electron chi connectivity index (χ1n) is 7.28. The van der Waals surface area contributed by atoms with Crippen LogP contribution in [0.15, 0.2) is 18.2 Å². The first-order valence-corrected chi connectivity index (χ1v) is 7.28. The van der Waals surface area contributed by atoms with Gasteiger partial charge < -0.3 is 15.6 Å².